The van der Waals surface area contributed by atoms with E-state index >= 15 is 0 Å². The van der Waals surface area contributed by atoms with Crippen LogP contribution in [0.25, 0.3) is 0 Å². The molecule has 3 rings (SSSR count). The first-order chi connectivity index (χ1) is 19.3. The first kappa shape index (κ1) is 32.3. The largest absolute Gasteiger partial charge is 0.463 e. The third-order valence-electron chi connectivity index (χ3n) is 6.10. The number of nitrogens with zero attached hydrogens (tertiary/aromatic N) is 1. The molecule has 2 fully saturated rings. The molecule has 0 saturated carbocycles. The molecule has 0 aromatic carbocycles. The maximum atomic E-state index is 12.0. The molecule has 2 aliphatic heterocycles. The molecule has 10 atom stereocenters. The highest BCUT2D eigenvalue weighted by atomic mass is 16.7. The lowest BCUT2D eigenvalue weighted by Crippen LogP contribution is -2.59. The lowest BCUT2D eigenvalue weighted by Gasteiger charge is -2.43. The molecule has 1 aromatic rings. The number of aliphatic hydroxyl groups is 4. The van der Waals surface area contributed by atoms with Crippen LogP contribution in [0.1, 0.15) is 45.3 Å². The van der Waals surface area contributed by atoms with Crippen LogP contribution in [-0.2, 0) is 58.9 Å². The van der Waals surface area contributed by atoms with Crippen molar-refractivity contribution in [3.8, 4) is 0 Å². The average molecular weight is 592 g/mol. The van der Waals surface area contributed by atoms with Crippen LogP contribution in [0.4, 0.5) is 0 Å². The van der Waals surface area contributed by atoms with E-state index in [1.54, 1.807) is 0 Å². The van der Waals surface area contributed by atoms with E-state index in [0.717, 1.165) is 27.7 Å². The Balaban J connectivity index is 1.87. The van der Waals surface area contributed by atoms with E-state index in [9.17, 15) is 39.6 Å². The summed E-state index contributed by atoms with van der Waals surface area (Å²) in [6.45, 7) is 2.95. The Morgan fingerprint density at radius 1 is 0.805 bits per heavy atom. The van der Waals surface area contributed by atoms with Crippen molar-refractivity contribution in [1.29, 1.82) is 0 Å². The molecule has 2 saturated heterocycles. The lowest BCUT2D eigenvalue weighted by molar-refractivity contribution is -0.305. The Bertz CT molecular complexity index is 1070. The molecule has 0 bridgehead atoms. The van der Waals surface area contributed by atoms with Gasteiger partial charge in [-0.2, -0.15) is 0 Å². The number of hydrogen-bond acceptors (Lipinski definition) is 17. The van der Waals surface area contributed by atoms with Gasteiger partial charge in [-0.1, -0.05) is 5.16 Å². The molecule has 41 heavy (non-hydrogen) atoms. The first-order valence-corrected chi connectivity index (χ1v) is 12.5. The Hall–Kier alpha value is -3.19. The number of ether oxygens (including phenoxy) is 7. The van der Waals surface area contributed by atoms with Gasteiger partial charge < -0.3 is 58.1 Å². The summed E-state index contributed by atoms with van der Waals surface area (Å²) in [7, 11) is 0. The summed E-state index contributed by atoms with van der Waals surface area (Å²) in [5, 5.41) is 43.3. The van der Waals surface area contributed by atoms with E-state index in [1.807, 2.05) is 0 Å². The molecule has 1 aromatic heterocycles. The van der Waals surface area contributed by atoms with Crippen molar-refractivity contribution >= 4 is 23.9 Å². The molecule has 17 heteroatoms. The minimum Gasteiger partial charge on any atom is -0.463 e. The van der Waals surface area contributed by atoms with Gasteiger partial charge in [-0.15, -0.1) is 0 Å². The van der Waals surface area contributed by atoms with Crippen molar-refractivity contribution in [2.75, 3.05) is 13.2 Å². The zero-order chi connectivity index (χ0) is 30.4. The molecular weight excluding hydrogens is 558 g/mol. The zero-order valence-corrected chi connectivity index (χ0v) is 22.6. The normalized spacial score (nSPS) is 33.5. The summed E-state index contributed by atoms with van der Waals surface area (Å²) in [5.74, 6) is -3.02. The number of carbonyl (C=O) groups excluding carboxylic acids is 4. The lowest BCUT2D eigenvalue weighted by atomic mass is 9.92. The van der Waals surface area contributed by atoms with E-state index in [2.05, 4.69) is 5.16 Å². The van der Waals surface area contributed by atoms with Crippen molar-refractivity contribution in [2.24, 2.45) is 0 Å². The van der Waals surface area contributed by atoms with Crippen LogP contribution in [0.5, 0.6) is 0 Å². The summed E-state index contributed by atoms with van der Waals surface area (Å²) >= 11 is 0. The van der Waals surface area contributed by atoms with Gasteiger partial charge in [-0.25, -0.2) is 0 Å². The quantitative estimate of drug-likeness (QED) is 0.166. The summed E-state index contributed by atoms with van der Waals surface area (Å²) < 4.78 is 43.1. The van der Waals surface area contributed by atoms with Gasteiger partial charge in [0.15, 0.2) is 30.4 Å². The molecule has 0 radical (unpaired) electrons. The predicted octanol–water partition coefficient (Wildman–Crippen LogP) is -2.21. The van der Waals surface area contributed by atoms with Gasteiger partial charge in [0.05, 0.1) is 6.61 Å². The van der Waals surface area contributed by atoms with Crippen LogP contribution in [0, 0.1) is 0 Å². The molecule has 230 valence electrons. The summed E-state index contributed by atoms with van der Waals surface area (Å²) in [4.78, 5) is 47.3. The summed E-state index contributed by atoms with van der Waals surface area (Å²) in [6, 6.07) is 1.32. The van der Waals surface area contributed by atoms with Crippen molar-refractivity contribution in [3.63, 3.8) is 0 Å². The van der Waals surface area contributed by atoms with E-state index in [4.69, 9.17) is 37.7 Å². The van der Waals surface area contributed by atoms with Crippen LogP contribution in [0.2, 0.25) is 0 Å². The highest BCUT2D eigenvalue weighted by Gasteiger charge is 2.53. The summed E-state index contributed by atoms with van der Waals surface area (Å²) in [6.07, 6.45) is -14.2. The highest BCUT2D eigenvalue weighted by molar-refractivity contribution is 5.68. The zero-order valence-electron chi connectivity index (χ0n) is 22.6. The summed E-state index contributed by atoms with van der Waals surface area (Å²) in [5.41, 5.74) is 0.00917. The Labute approximate surface area is 233 Å². The van der Waals surface area contributed by atoms with E-state index in [0.29, 0.717) is 0 Å². The number of rotatable bonds is 10. The molecule has 0 unspecified atom stereocenters. The monoisotopic (exact) mass is 591 g/mol. The van der Waals surface area contributed by atoms with E-state index in [1.165, 1.54) is 6.07 Å². The van der Waals surface area contributed by atoms with E-state index in [-0.39, 0.29) is 18.1 Å². The minimum atomic E-state index is -1.66. The Morgan fingerprint density at radius 2 is 1.41 bits per heavy atom. The number of aliphatic hydroxyl groups excluding tert-OH is 4. The van der Waals surface area contributed by atoms with Crippen LogP contribution in [0.3, 0.4) is 0 Å². The predicted molar refractivity (Wildman–Crippen MR) is 126 cm³/mol. The van der Waals surface area contributed by atoms with Crippen molar-refractivity contribution in [2.45, 2.75) is 95.5 Å². The smallest absolute Gasteiger partial charge is 0.303 e. The van der Waals surface area contributed by atoms with Gasteiger partial charge in [0.25, 0.3) is 0 Å². The van der Waals surface area contributed by atoms with Crippen LogP contribution < -0.4 is 0 Å². The van der Waals surface area contributed by atoms with Crippen LogP contribution >= 0.6 is 0 Å². The molecular formula is C24H33NO16. The van der Waals surface area contributed by atoms with Gasteiger partial charge in [0.1, 0.15) is 55.5 Å². The van der Waals surface area contributed by atoms with Gasteiger partial charge in [-0.05, 0) is 0 Å². The number of carbonyl (C=O) groups is 4. The fraction of sp³-hybridized carbons (Fsp3) is 0.708. The van der Waals surface area contributed by atoms with Crippen molar-refractivity contribution < 1.29 is 77.3 Å². The second-order valence-corrected chi connectivity index (χ2v) is 9.35. The van der Waals surface area contributed by atoms with Crippen LogP contribution in [-0.4, -0.2) is 118 Å². The van der Waals surface area contributed by atoms with Crippen LogP contribution in [0.15, 0.2) is 10.6 Å². The topological polar surface area (TPSA) is 240 Å². The van der Waals surface area contributed by atoms with Gasteiger partial charge in [-0.3, -0.25) is 19.2 Å². The number of esters is 4. The highest BCUT2D eigenvalue weighted by Crippen LogP contribution is 2.37. The third-order valence-corrected chi connectivity index (χ3v) is 6.10. The van der Waals surface area contributed by atoms with Crippen molar-refractivity contribution in [1.82, 2.24) is 5.16 Å². The molecule has 3 heterocycles. The molecule has 0 aliphatic carbocycles. The van der Waals surface area contributed by atoms with Crippen molar-refractivity contribution in [3.05, 3.63) is 17.5 Å². The maximum Gasteiger partial charge on any atom is 0.303 e. The average Bonchev–Trinajstić information content (AvgIpc) is 3.36. The molecule has 4 N–H and O–H groups in total. The molecule has 0 spiro atoms. The number of aromatic nitrogens is 1. The Kier molecular flexibility index (Phi) is 11.1. The third kappa shape index (κ3) is 8.19. The molecule has 17 nitrogen and oxygen atoms in total. The van der Waals surface area contributed by atoms with Gasteiger partial charge >= 0.3 is 23.9 Å². The SMILES string of the molecule is CC(=O)OC[C@H]1O[C@@H](c2cc(CO[C@@H]3O[C@H](CO)[C@@H](O)[C@H](O)[C@H]3O)on2)[C@@H](OC(C)=O)[C@@H](OC(C)=O)[C@@H]1OC(C)=O. The Morgan fingerprint density at radius 3 is 2.00 bits per heavy atom. The fourth-order valence-electron chi connectivity index (χ4n) is 4.37. The second-order valence-electron chi connectivity index (χ2n) is 9.35. The maximum absolute atomic E-state index is 12.0. The van der Waals surface area contributed by atoms with Gasteiger partial charge in [0, 0.05) is 33.8 Å². The minimum absolute atomic E-state index is 0.00917. The standard InChI is InChI=1S/C24H33NO16/c1-9(27)34-8-16-21(36-10(2)28)23(38-12(4)30)22(37-11(3)29)20(39-16)14-5-13(41-25-14)7-35-24-19(33)18(32)17(31)15(6-26)40-24/h5,15-24,26,31-33H,6-8H2,1-4H3/t15-,16-,17-,18+,19-,20+,21-,22-,23+,24-/m1/s1. The number of hydrogen-bond donors (Lipinski definition) is 4. The molecule has 0 amide bonds. The fourth-order valence-corrected chi connectivity index (χ4v) is 4.37. The van der Waals surface area contributed by atoms with E-state index < -0.39 is 98.3 Å². The molecule has 2 aliphatic rings. The second kappa shape index (κ2) is 14.1. The first-order valence-electron chi connectivity index (χ1n) is 12.5. The van der Waals surface area contributed by atoms with Gasteiger partial charge in [0.2, 0.25) is 0 Å².